The Morgan fingerprint density at radius 3 is 2.26 bits per heavy atom. The Balaban J connectivity index is 0.000000423. The fourth-order valence-corrected chi connectivity index (χ4v) is 2.41. The third-order valence-corrected chi connectivity index (χ3v) is 3.49. The molecule has 1 rings (SSSR count). The number of halogens is 1. The fourth-order valence-electron chi connectivity index (χ4n) is 2.00. The second-order valence-corrected chi connectivity index (χ2v) is 6.54. The molecule has 130 valence electrons. The van der Waals surface area contributed by atoms with Crippen LogP contribution in [0.4, 0.5) is 0 Å². The number of benzene rings is 1. The molecule has 0 fully saturated rings. The van der Waals surface area contributed by atoms with Gasteiger partial charge in [0, 0.05) is 10.9 Å². The van der Waals surface area contributed by atoms with Gasteiger partial charge in [-0.15, -0.1) is 0 Å². The number of aliphatic carboxylic acids is 2. The van der Waals surface area contributed by atoms with E-state index in [1.165, 1.54) is 0 Å². The summed E-state index contributed by atoms with van der Waals surface area (Å²) in [4.78, 5) is 20.6. The Morgan fingerprint density at radius 2 is 1.87 bits per heavy atom. The zero-order valence-corrected chi connectivity index (χ0v) is 14.9. The summed E-state index contributed by atoms with van der Waals surface area (Å²) in [6, 6.07) is 6.56. The Bertz CT molecular complexity index is 507. The lowest BCUT2D eigenvalue weighted by Crippen LogP contribution is -2.19. The summed E-state index contributed by atoms with van der Waals surface area (Å²) in [6.45, 7) is 4.62. The highest BCUT2D eigenvalue weighted by atomic mass is 79.9. The highest BCUT2D eigenvalue weighted by Gasteiger charge is 2.15. The van der Waals surface area contributed by atoms with Crippen molar-refractivity contribution in [2.45, 2.75) is 32.8 Å². The molecule has 0 saturated carbocycles. The van der Waals surface area contributed by atoms with Crippen LogP contribution < -0.4 is 5.73 Å². The summed E-state index contributed by atoms with van der Waals surface area (Å²) >= 11 is 3.18. The molecule has 0 aromatic heterocycles. The van der Waals surface area contributed by atoms with Crippen LogP contribution in [0.15, 0.2) is 28.7 Å². The molecule has 7 heteroatoms. The van der Waals surface area contributed by atoms with Gasteiger partial charge >= 0.3 is 11.9 Å². The Kier molecular flexibility index (Phi) is 10.5. The van der Waals surface area contributed by atoms with Crippen molar-refractivity contribution in [3.05, 3.63) is 34.3 Å². The number of hydrogen-bond donors (Lipinski definition) is 4. The molecule has 6 nitrogen and oxygen atoms in total. The topological polar surface area (TPSA) is 121 Å². The number of aliphatic hydroxyl groups excluding tert-OH is 1. The Labute approximate surface area is 144 Å². The summed E-state index contributed by atoms with van der Waals surface area (Å²) in [5, 5.41) is 26.0. The molecule has 0 spiro atoms. The van der Waals surface area contributed by atoms with Crippen molar-refractivity contribution in [3.63, 3.8) is 0 Å². The lowest BCUT2D eigenvalue weighted by Gasteiger charge is -2.13. The lowest BCUT2D eigenvalue weighted by molar-refractivity contribution is -0.147. The van der Waals surface area contributed by atoms with Gasteiger partial charge in [0.2, 0.25) is 0 Å². The molecule has 0 radical (unpaired) electrons. The molecule has 5 N–H and O–H groups in total. The number of carbonyl (C=O) groups is 2. The van der Waals surface area contributed by atoms with E-state index in [1.54, 1.807) is 24.3 Å². The summed E-state index contributed by atoms with van der Waals surface area (Å²) in [5.41, 5.74) is 5.78. The molecule has 0 saturated heterocycles. The van der Waals surface area contributed by atoms with Gasteiger partial charge < -0.3 is 21.1 Å². The van der Waals surface area contributed by atoms with Crippen LogP contribution in [0.5, 0.6) is 0 Å². The predicted octanol–water partition coefficient (Wildman–Crippen LogP) is 2.65. The largest absolute Gasteiger partial charge is 0.481 e. The maximum Gasteiger partial charge on any atom is 0.337 e. The van der Waals surface area contributed by atoms with Gasteiger partial charge in [-0.25, -0.2) is 4.79 Å². The van der Waals surface area contributed by atoms with E-state index in [9.17, 15) is 9.59 Å². The normalized spacial score (nSPS) is 13.0. The van der Waals surface area contributed by atoms with Crippen molar-refractivity contribution in [1.29, 1.82) is 0 Å². The van der Waals surface area contributed by atoms with E-state index < -0.39 is 18.0 Å². The van der Waals surface area contributed by atoms with Crippen molar-refractivity contribution >= 4 is 27.9 Å². The zero-order valence-electron chi connectivity index (χ0n) is 13.3. The van der Waals surface area contributed by atoms with Crippen molar-refractivity contribution in [2.75, 3.05) is 6.54 Å². The van der Waals surface area contributed by atoms with Gasteiger partial charge in [-0.1, -0.05) is 41.9 Å². The third-order valence-electron chi connectivity index (χ3n) is 3.00. The molecule has 0 unspecified atom stereocenters. The Hall–Kier alpha value is -1.44. The van der Waals surface area contributed by atoms with Gasteiger partial charge in [-0.3, -0.25) is 4.79 Å². The van der Waals surface area contributed by atoms with Crippen LogP contribution >= 0.6 is 15.9 Å². The highest BCUT2D eigenvalue weighted by Crippen LogP contribution is 2.18. The fraction of sp³-hybridized carbons (Fsp3) is 0.500. The first-order valence-electron chi connectivity index (χ1n) is 7.25. The molecule has 0 amide bonds. The van der Waals surface area contributed by atoms with Crippen LogP contribution in [0.25, 0.3) is 0 Å². The predicted molar refractivity (Wildman–Crippen MR) is 91.0 cm³/mol. The van der Waals surface area contributed by atoms with Crippen LogP contribution in [-0.2, 0) is 9.59 Å². The molecule has 0 heterocycles. The number of nitrogens with two attached hydrogens (primary N) is 1. The van der Waals surface area contributed by atoms with Gasteiger partial charge in [-0.05, 0) is 42.5 Å². The molecule has 0 aliphatic carbocycles. The molecule has 2 atom stereocenters. The van der Waals surface area contributed by atoms with Gasteiger partial charge in [-0.2, -0.15) is 0 Å². The summed E-state index contributed by atoms with van der Waals surface area (Å²) in [7, 11) is 0. The summed E-state index contributed by atoms with van der Waals surface area (Å²) in [5.74, 6) is -1.32. The molecule has 1 aromatic carbocycles. The monoisotopic (exact) mass is 389 g/mol. The molecular weight excluding hydrogens is 366 g/mol. The summed E-state index contributed by atoms with van der Waals surface area (Å²) < 4.78 is 0.750. The molecule has 0 aliphatic heterocycles. The van der Waals surface area contributed by atoms with E-state index in [2.05, 4.69) is 29.8 Å². The minimum absolute atomic E-state index is 0.146. The standard InChI is InChI=1S/C8H7BrO3.C8H17NO2/c9-6-3-1-2-5(4-6)7(10)8(11)12;1-6(2)3-7(5-9)4-8(10)11/h1-4,7,10H,(H,11,12);6-7H,3-5,9H2,1-2H3,(H,10,11)/t2*7-/m00/s1. The number of aliphatic hydroxyl groups is 1. The first-order chi connectivity index (χ1) is 10.7. The third kappa shape index (κ3) is 10.0. The van der Waals surface area contributed by atoms with Gasteiger partial charge in [0.25, 0.3) is 0 Å². The van der Waals surface area contributed by atoms with Gasteiger partial charge in [0.1, 0.15) is 0 Å². The van der Waals surface area contributed by atoms with Crippen LogP contribution in [0, 0.1) is 11.8 Å². The summed E-state index contributed by atoms with van der Waals surface area (Å²) in [6.07, 6.45) is -0.334. The van der Waals surface area contributed by atoms with Crippen molar-refractivity contribution in [1.82, 2.24) is 0 Å². The average molecular weight is 390 g/mol. The maximum absolute atomic E-state index is 10.3. The van der Waals surface area contributed by atoms with Crippen LogP contribution in [0.3, 0.4) is 0 Å². The Morgan fingerprint density at radius 1 is 1.26 bits per heavy atom. The SMILES string of the molecule is CC(C)C[C@H](CN)CC(=O)O.O=C(O)[C@@H](O)c1cccc(Br)c1. The number of carboxylic acid groups (broad SMARTS) is 2. The molecule has 0 aliphatic rings. The quantitative estimate of drug-likeness (QED) is 0.568. The van der Waals surface area contributed by atoms with E-state index in [4.69, 9.17) is 21.1 Å². The minimum Gasteiger partial charge on any atom is -0.481 e. The average Bonchev–Trinajstić information content (AvgIpc) is 2.45. The number of carboxylic acids is 2. The highest BCUT2D eigenvalue weighted by molar-refractivity contribution is 9.10. The second-order valence-electron chi connectivity index (χ2n) is 5.62. The van der Waals surface area contributed by atoms with Crippen molar-refractivity contribution in [3.8, 4) is 0 Å². The van der Waals surface area contributed by atoms with E-state index in [1.807, 2.05) is 0 Å². The van der Waals surface area contributed by atoms with Gasteiger partial charge in [0.05, 0.1) is 0 Å². The van der Waals surface area contributed by atoms with Crippen LogP contribution in [-0.4, -0.2) is 33.8 Å². The molecule has 1 aromatic rings. The van der Waals surface area contributed by atoms with E-state index >= 15 is 0 Å². The van der Waals surface area contributed by atoms with E-state index in [0.717, 1.165) is 10.9 Å². The lowest BCUT2D eigenvalue weighted by atomic mass is 9.94. The molecular formula is C16H24BrNO5. The minimum atomic E-state index is -1.44. The van der Waals surface area contributed by atoms with E-state index in [-0.39, 0.29) is 12.3 Å². The molecule has 23 heavy (non-hydrogen) atoms. The van der Waals surface area contributed by atoms with Crippen molar-refractivity contribution in [2.24, 2.45) is 17.6 Å². The first kappa shape index (κ1) is 21.6. The van der Waals surface area contributed by atoms with Gasteiger partial charge in [0.15, 0.2) is 6.10 Å². The van der Waals surface area contributed by atoms with Crippen LogP contribution in [0.1, 0.15) is 38.4 Å². The number of hydrogen-bond acceptors (Lipinski definition) is 4. The smallest absolute Gasteiger partial charge is 0.337 e. The van der Waals surface area contributed by atoms with E-state index in [0.29, 0.717) is 18.0 Å². The molecule has 0 bridgehead atoms. The number of rotatable bonds is 7. The maximum atomic E-state index is 10.3. The van der Waals surface area contributed by atoms with Crippen molar-refractivity contribution < 1.29 is 24.9 Å². The second kappa shape index (κ2) is 11.2. The van der Waals surface area contributed by atoms with Crippen LogP contribution in [0.2, 0.25) is 0 Å². The first-order valence-corrected chi connectivity index (χ1v) is 8.04. The zero-order chi connectivity index (χ0) is 18.0.